The summed E-state index contributed by atoms with van der Waals surface area (Å²) in [5, 5.41) is 11.4. The van der Waals surface area contributed by atoms with Gasteiger partial charge < -0.3 is 10.4 Å². The van der Waals surface area contributed by atoms with Gasteiger partial charge in [-0.1, -0.05) is 25.3 Å². The summed E-state index contributed by atoms with van der Waals surface area (Å²) in [6.45, 7) is 0. The zero-order chi connectivity index (χ0) is 14.4. The van der Waals surface area contributed by atoms with E-state index >= 15 is 0 Å². The smallest absolute Gasteiger partial charge is 0.328 e. The van der Waals surface area contributed by atoms with Gasteiger partial charge in [0.25, 0.3) is 0 Å². The third kappa shape index (κ3) is 4.19. The van der Waals surface area contributed by atoms with E-state index in [-0.39, 0.29) is 11.8 Å². The van der Waals surface area contributed by atoms with Crippen LogP contribution in [0.25, 0.3) is 6.08 Å². The largest absolute Gasteiger partial charge is 0.478 e. The lowest BCUT2D eigenvalue weighted by atomic mass is 9.89. The molecule has 0 bridgehead atoms. The third-order valence-corrected chi connectivity index (χ3v) is 3.39. The van der Waals surface area contributed by atoms with Crippen molar-refractivity contribution in [1.82, 2.24) is 4.98 Å². The number of pyridine rings is 1. The molecule has 1 saturated carbocycles. The average molecular weight is 274 g/mol. The summed E-state index contributed by atoms with van der Waals surface area (Å²) in [5.74, 6) is -0.475. The van der Waals surface area contributed by atoms with Crippen LogP contribution in [0.15, 0.2) is 24.3 Å². The number of amides is 1. The predicted octanol–water partition coefficient (Wildman–Crippen LogP) is 2.70. The Morgan fingerprint density at radius 1 is 1.25 bits per heavy atom. The van der Waals surface area contributed by atoms with Gasteiger partial charge in [0.05, 0.1) is 5.69 Å². The molecule has 0 aliphatic heterocycles. The molecule has 1 aliphatic carbocycles. The van der Waals surface area contributed by atoms with Crippen molar-refractivity contribution in [2.24, 2.45) is 5.92 Å². The van der Waals surface area contributed by atoms with Crippen LogP contribution < -0.4 is 5.32 Å². The number of carboxylic acid groups (broad SMARTS) is 1. The molecule has 5 heteroatoms. The van der Waals surface area contributed by atoms with Crippen molar-refractivity contribution in [2.75, 3.05) is 5.32 Å². The third-order valence-electron chi connectivity index (χ3n) is 3.39. The van der Waals surface area contributed by atoms with Crippen molar-refractivity contribution in [2.45, 2.75) is 32.1 Å². The highest BCUT2D eigenvalue weighted by molar-refractivity contribution is 5.92. The Kier molecular flexibility index (Phi) is 4.87. The lowest BCUT2D eigenvalue weighted by Crippen LogP contribution is -2.25. The van der Waals surface area contributed by atoms with Crippen LogP contribution in [0.3, 0.4) is 0 Å². The Bertz CT molecular complexity index is 520. The minimum atomic E-state index is -1.02. The molecule has 0 saturated heterocycles. The minimum Gasteiger partial charge on any atom is -0.478 e. The standard InChI is InChI=1S/C15H18N2O3/c18-14(19)10-9-12-7-4-8-13(16-12)17-15(20)11-5-2-1-3-6-11/h4,7-11H,1-3,5-6H2,(H,18,19)(H,16,17,20). The van der Waals surface area contributed by atoms with Gasteiger partial charge in [-0.25, -0.2) is 9.78 Å². The van der Waals surface area contributed by atoms with Crippen molar-refractivity contribution in [3.8, 4) is 0 Å². The number of nitrogens with one attached hydrogen (secondary N) is 1. The van der Waals surface area contributed by atoms with Crippen LogP contribution in [0.1, 0.15) is 37.8 Å². The molecule has 0 atom stereocenters. The lowest BCUT2D eigenvalue weighted by Gasteiger charge is -2.20. The molecule has 0 spiro atoms. The van der Waals surface area contributed by atoms with Gasteiger partial charge in [0.1, 0.15) is 5.82 Å². The van der Waals surface area contributed by atoms with E-state index in [4.69, 9.17) is 5.11 Å². The maximum Gasteiger partial charge on any atom is 0.328 e. The second-order valence-electron chi connectivity index (χ2n) is 4.94. The topological polar surface area (TPSA) is 79.3 Å². The Labute approximate surface area is 117 Å². The molecule has 106 valence electrons. The van der Waals surface area contributed by atoms with E-state index in [0.717, 1.165) is 31.8 Å². The van der Waals surface area contributed by atoms with Crippen molar-refractivity contribution in [1.29, 1.82) is 0 Å². The first kappa shape index (κ1) is 14.2. The van der Waals surface area contributed by atoms with E-state index in [1.54, 1.807) is 18.2 Å². The van der Waals surface area contributed by atoms with Gasteiger partial charge in [-0.3, -0.25) is 4.79 Å². The highest BCUT2D eigenvalue weighted by Crippen LogP contribution is 2.24. The molecule has 0 radical (unpaired) electrons. The summed E-state index contributed by atoms with van der Waals surface area (Å²) in [6.07, 6.45) is 7.71. The molecular formula is C15H18N2O3. The molecule has 1 aromatic rings. The van der Waals surface area contributed by atoms with Gasteiger partial charge in [-0.15, -0.1) is 0 Å². The van der Waals surface area contributed by atoms with Gasteiger partial charge in [-0.2, -0.15) is 0 Å². The Hall–Kier alpha value is -2.17. The first-order valence-corrected chi connectivity index (χ1v) is 6.84. The molecule has 1 aliphatic rings. The van der Waals surface area contributed by atoms with Crippen molar-refractivity contribution >= 4 is 23.8 Å². The fourth-order valence-corrected chi connectivity index (χ4v) is 2.36. The van der Waals surface area contributed by atoms with E-state index < -0.39 is 5.97 Å². The van der Waals surface area contributed by atoms with Crippen LogP contribution in [-0.4, -0.2) is 22.0 Å². The number of nitrogens with zero attached hydrogens (tertiary/aromatic N) is 1. The summed E-state index contributed by atoms with van der Waals surface area (Å²) in [4.78, 5) is 26.7. The Balaban J connectivity index is 2.00. The molecule has 2 N–H and O–H groups in total. The van der Waals surface area contributed by atoms with Crippen molar-refractivity contribution in [3.63, 3.8) is 0 Å². The van der Waals surface area contributed by atoms with Gasteiger partial charge in [0.15, 0.2) is 0 Å². The number of aliphatic carboxylic acids is 1. The van der Waals surface area contributed by atoms with E-state index in [1.807, 2.05) is 0 Å². The van der Waals surface area contributed by atoms with Crippen LogP contribution in [0.5, 0.6) is 0 Å². The highest BCUT2D eigenvalue weighted by Gasteiger charge is 2.21. The Morgan fingerprint density at radius 2 is 2.00 bits per heavy atom. The maximum absolute atomic E-state index is 12.1. The monoisotopic (exact) mass is 274 g/mol. The fourth-order valence-electron chi connectivity index (χ4n) is 2.36. The molecule has 1 fully saturated rings. The predicted molar refractivity (Wildman–Crippen MR) is 76.1 cm³/mol. The summed E-state index contributed by atoms with van der Waals surface area (Å²) >= 11 is 0. The fraction of sp³-hybridized carbons (Fsp3) is 0.400. The number of hydrogen-bond donors (Lipinski definition) is 2. The molecule has 0 aromatic carbocycles. The number of carbonyl (C=O) groups is 2. The minimum absolute atomic E-state index is 0.0107. The van der Waals surface area contributed by atoms with Crippen molar-refractivity contribution < 1.29 is 14.7 Å². The second-order valence-corrected chi connectivity index (χ2v) is 4.94. The Morgan fingerprint density at radius 3 is 2.70 bits per heavy atom. The molecule has 20 heavy (non-hydrogen) atoms. The molecular weight excluding hydrogens is 256 g/mol. The summed E-state index contributed by atoms with van der Waals surface area (Å²) in [5.41, 5.74) is 0.508. The first-order chi connectivity index (χ1) is 9.65. The van der Waals surface area contributed by atoms with Crippen LogP contribution in [0.2, 0.25) is 0 Å². The number of carboxylic acids is 1. The van der Waals surface area contributed by atoms with Gasteiger partial charge in [-0.05, 0) is 31.1 Å². The van der Waals surface area contributed by atoms with E-state index in [9.17, 15) is 9.59 Å². The van der Waals surface area contributed by atoms with E-state index in [0.29, 0.717) is 11.5 Å². The average Bonchev–Trinajstić information content (AvgIpc) is 2.46. The molecule has 2 rings (SSSR count). The second kappa shape index (κ2) is 6.84. The van der Waals surface area contributed by atoms with Gasteiger partial charge in [0.2, 0.25) is 5.91 Å². The van der Waals surface area contributed by atoms with Crippen molar-refractivity contribution in [3.05, 3.63) is 30.0 Å². The zero-order valence-corrected chi connectivity index (χ0v) is 11.2. The normalized spacial score (nSPS) is 16.2. The highest BCUT2D eigenvalue weighted by atomic mass is 16.4. The number of rotatable bonds is 4. The van der Waals surface area contributed by atoms with E-state index in [1.165, 1.54) is 12.5 Å². The molecule has 0 unspecified atom stereocenters. The van der Waals surface area contributed by atoms with Crippen LogP contribution in [-0.2, 0) is 9.59 Å². The van der Waals surface area contributed by atoms with Crippen LogP contribution in [0, 0.1) is 5.92 Å². The van der Waals surface area contributed by atoms with Gasteiger partial charge >= 0.3 is 5.97 Å². The molecule has 5 nitrogen and oxygen atoms in total. The van der Waals surface area contributed by atoms with Crippen LogP contribution in [0.4, 0.5) is 5.82 Å². The van der Waals surface area contributed by atoms with Gasteiger partial charge in [0, 0.05) is 12.0 Å². The summed E-state index contributed by atoms with van der Waals surface area (Å²) in [6, 6.07) is 5.14. The number of aromatic nitrogens is 1. The number of anilines is 1. The van der Waals surface area contributed by atoms with Crippen LogP contribution >= 0.6 is 0 Å². The lowest BCUT2D eigenvalue weighted by molar-refractivity contribution is -0.131. The number of carbonyl (C=O) groups excluding carboxylic acids is 1. The molecule has 1 heterocycles. The molecule has 1 aromatic heterocycles. The SMILES string of the molecule is O=C(O)C=Cc1cccc(NC(=O)C2CCCCC2)n1. The summed E-state index contributed by atoms with van der Waals surface area (Å²) in [7, 11) is 0. The first-order valence-electron chi connectivity index (χ1n) is 6.84. The van der Waals surface area contributed by atoms with E-state index in [2.05, 4.69) is 10.3 Å². The maximum atomic E-state index is 12.1. The number of hydrogen-bond acceptors (Lipinski definition) is 3. The quantitative estimate of drug-likeness (QED) is 0.827. The molecule has 1 amide bonds. The zero-order valence-electron chi connectivity index (χ0n) is 11.2. The summed E-state index contributed by atoms with van der Waals surface area (Å²) < 4.78 is 0.